The number of rotatable bonds is 10. The van der Waals surface area contributed by atoms with Crippen molar-refractivity contribution >= 4 is 35.1 Å². The fourth-order valence-electron chi connectivity index (χ4n) is 4.45. The van der Waals surface area contributed by atoms with E-state index in [-0.39, 0.29) is 17.7 Å². The van der Waals surface area contributed by atoms with Gasteiger partial charge in [0.2, 0.25) is 5.95 Å². The maximum atomic E-state index is 13.8. The summed E-state index contributed by atoms with van der Waals surface area (Å²) in [6.07, 6.45) is 0.902. The normalized spacial score (nSPS) is 10.7. The maximum absolute atomic E-state index is 13.8. The predicted octanol–water partition coefficient (Wildman–Crippen LogP) is 5.78. The van der Waals surface area contributed by atoms with Gasteiger partial charge in [-0.05, 0) is 82.4 Å². The summed E-state index contributed by atoms with van der Waals surface area (Å²) in [6.45, 7) is 7.11. The highest BCUT2D eigenvalue weighted by atomic mass is 16.6. The fraction of sp³-hybridized carbons (Fsp3) is 0.250. The van der Waals surface area contributed by atoms with E-state index in [0.29, 0.717) is 35.0 Å². The summed E-state index contributed by atoms with van der Waals surface area (Å²) in [5.41, 5.74) is 4.45. The molecule has 0 saturated heterocycles. The van der Waals surface area contributed by atoms with Crippen LogP contribution in [0.15, 0.2) is 72.9 Å². The Labute approximate surface area is 246 Å². The number of para-hydroxylation sites is 2. The van der Waals surface area contributed by atoms with E-state index in [1.54, 1.807) is 54.7 Å². The van der Waals surface area contributed by atoms with Crippen molar-refractivity contribution in [2.24, 2.45) is 0 Å². The molecule has 0 aliphatic rings. The van der Waals surface area contributed by atoms with Gasteiger partial charge in [-0.3, -0.25) is 4.79 Å². The van der Waals surface area contributed by atoms with Crippen LogP contribution in [-0.4, -0.2) is 61.2 Å². The van der Waals surface area contributed by atoms with Crippen LogP contribution in [0.3, 0.4) is 0 Å². The molecule has 218 valence electrons. The Morgan fingerprint density at radius 3 is 2.29 bits per heavy atom. The van der Waals surface area contributed by atoms with Crippen molar-refractivity contribution in [2.75, 3.05) is 44.5 Å². The molecule has 2 amide bonds. The Morgan fingerprint density at radius 1 is 0.929 bits per heavy atom. The molecule has 0 saturated carbocycles. The molecule has 4 aromatic rings. The van der Waals surface area contributed by atoms with Crippen LogP contribution in [0.4, 0.5) is 27.9 Å². The molecule has 0 spiro atoms. The average Bonchev–Trinajstić information content (AvgIpc) is 2.96. The van der Waals surface area contributed by atoms with Crippen molar-refractivity contribution in [1.82, 2.24) is 20.2 Å². The number of nitrogens with one attached hydrogen (secondary N) is 2. The standard InChI is InChI=1S/C32H36N6O4/c1-21-19-22(2)29(23(3)20-21)42-32(40)38(26-9-7-8-10-27(26)41-6)28-15-16-34-31(36-28)35-25-13-11-24(12-14-25)30(39)33-17-18-37(4)5/h7-16,19-20H,17-18H2,1-6H3,(H,33,39)(H,34,35,36). The van der Waals surface area contributed by atoms with Gasteiger partial charge in [-0.1, -0.05) is 29.8 Å². The van der Waals surface area contributed by atoms with E-state index in [2.05, 4.69) is 20.6 Å². The lowest BCUT2D eigenvalue weighted by Crippen LogP contribution is -2.31. The number of aryl methyl sites for hydroxylation is 3. The van der Waals surface area contributed by atoms with E-state index < -0.39 is 6.09 Å². The van der Waals surface area contributed by atoms with Crippen LogP contribution >= 0.6 is 0 Å². The number of likely N-dealkylation sites (N-methyl/N-ethyl adjacent to an activating group) is 1. The molecule has 0 bridgehead atoms. The minimum atomic E-state index is -0.649. The largest absolute Gasteiger partial charge is 0.495 e. The zero-order chi connectivity index (χ0) is 30.2. The molecule has 42 heavy (non-hydrogen) atoms. The summed E-state index contributed by atoms with van der Waals surface area (Å²) in [7, 11) is 5.44. The second-order valence-corrected chi connectivity index (χ2v) is 10.1. The number of anilines is 4. The maximum Gasteiger partial charge on any atom is 0.425 e. The summed E-state index contributed by atoms with van der Waals surface area (Å²) in [5, 5.41) is 6.04. The van der Waals surface area contributed by atoms with Crippen LogP contribution in [0.1, 0.15) is 27.0 Å². The molecule has 0 aliphatic heterocycles. The summed E-state index contributed by atoms with van der Waals surface area (Å²) < 4.78 is 11.5. The zero-order valence-electron chi connectivity index (χ0n) is 24.8. The molecular formula is C32H36N6O4. The van der Waals surface area contributed by atoms with Crippen molar-refractivity contribution in [2.45, 2.75) is 20.8 Å². The van der Waals surface area contributed by atoms with Gasteiger partial charge in [0.15, 0.2) is 0 Å². The van der Waals surface area contributed by atoms with Gasteiger partial charge in [0.1, 0.15) is 17.3 Å². The van der Waals surface area contributed by atoms with Crippen LogP contribution < -0.4 is 25.0 Å². The van der Waals surface area contributed by atoms with Gasteiger partial charge < -0.3 is 25.0 Å². The Morgan fingerprint density at radius 2 is 1.62 bits per heavy atom. The minimum Gasteiger partial charge on any atom is -0.495 e. The van der Waals surface area contributed by atoms with Crippen molar-refractivity contribution < 1.29 is 19.1 Å². The van der Waals surface area contributed by atoms with Crippen molar-refractivity contribution in [3.8, 4) is 11.5 Å². The van der Waals surface area contributed by atoms with Crippen LogP contribution in [0.25, 0.3) is 0 Å². The highest BCUT2D eigenvalue weighted by molar-refractivity contribution is 5.98. The molecule has 0 aliphatic carbocycles. The van der Waals surface area contributed by atoms with E-state index in [4.69, 9.17) is 9.47 Å². The van der Waals surface area contributed by atoms with Gasteiger partial charge in [0.05, 0.1) is 12.8 Å². The highest BCUT2D eigenvalue weighted by Gasteiger charge is 2.26. The van der Waals surface area contributed by atoms with Gasteiger partial charge >= 0.3 is 6.09 Å². The number of methoxy groups -OCH3 is 1. The Hall–Kier alpha value is -4.96. The summed E-state index contributed by atoms with van der Waals surface area (Å²) in [6, 6.07) is 19.7. The first kappa shape index (κ1) is 30.0. The monoisotopic (exact) mass is 568 g/mol. The topological polar surface area (TPSA) is 109 Å². The third-order valence-corrected chi connectivity index (χ3v) is 6.42. The highest BCUT2D eigenvalue weighted by Crippen LogP contribution is 2.35. The van der Waals surface area contributed by atoms with Crippen molar-refractivity contribution in [3.63, 3.8) is 0 Å². The summed E-state index contributed by atoms with van der Waals surface area (Å²) in [4.78, 5) is 38.5. The molecular weight excluding hydrogens is 532 g/mol. The number of amides is 2. The quantitative estimate of drug-likeness (QED) is 0.248. The van der Waals surface area contributed by atoms with Gasteiger partial charge in [0.25, 0.3) is 5.91 Å². The first-order valence-electron chi connectivity index (χ1n) is 13.5. The molecule has 1 heterocycles. The SMILES string of the molecule is COc1ccccc1N(C(=O)Oc1c(C)cc(C)cc1C)c1ccnc(Nc2ccc(C(=O)NCCN(C)C)cc2)n1. The molecule has 2 N–H and O–H groups in total. The molecule has 0 atom stereocenters. The molecule has 3 aromatic carbocycles. The van der Waals surface area contributed by atoms with Gasteiger partial charge in [0, 0.05) is 36.6 Å². The second kappa shape index (κ2) is 13.6. The lowest BCUT2D eigenvalue weighted by molar-refractivity contribution is 0.0951. The van der Waals surface area contributed by atoms with E-state index >= 15 is 0 Å². The van der Waals surface area contributed by atoms with E-state index in [0.717, 1.165) is 23.2 Å². The Balaban J connectivity index is 1.60. The first-order valence-corrected chi connectivity index (χ1v) is 13.5. The number of hydrogen-bond acceptors (Lipinski definition) is 8. The Bertz CT molecular complexity index is 1530. The third kappa shape index (κ3) is 7.41. The number of carbonyl (C=O) groups is 2. The lowest BCUT2D eigenvalue weighted by Gasteiger charge is -2.24. The molecule has 1 aromatic heterocycles. The second-order valence-electron chi connectivity index (χ2n) is 10.1. The smallest absolute Gasteiger partial charge is 0.425 e. The Kier molecular flexibility index (Phi) is 9.72. The molecule has 0 fully saturated rings. The van der Waals surface area contributed by atoms with Gasteiger partial charge in [-0.15, -0.1) is 0 Å². The van der Waals surface area contributed by atoms with Crippen molar-refractivity contribution in [1.29, 1.82) is 0 Å². The number of aromatic nitrogens is 2. The number of nitrogens with zero attached hydrogens (tertiary/aromatic N) is 4. The predicted molar refractivity (Wildman–Crippen MR) is 164 cm³/mol. The van der Waals surface area contributed by atoms with E-state index in [1.165, 1.54) is 12.0 Å². The van der Waals surface area contributed by atoms with E-state index in [1.807, 2.05) is 58.0 Å². The molecule has 0 radical (unpaired) electrons. The van der Waals surface area contributed by atoms with Gasteiger partial charge in [-0.25, -0.2) is 14.7 Å². The number of benzene rings is 3. The zero-order valence-corrected chi connectivity index (χ0v) is 24.8. The molecule has 10 nitrogen and oxygen atoms in total. The van der Waals surface area contributed by atoms with Crippen molar-refractivity contribution in [3.05, 3.63) is 95.2 Å². The number of hydrogen-bond donors (Lipinski definition) is 2. The lowest BCUT2D eigenvalue weighted by atomic mass is 10.1. The van der Waals surface area contributed by atoms with Crippen LogP contribution in [0.2, 0.25) is 0 Å². The minimum absolute atomic E-state index is 0.147. The van der Waals surface area contributed by atoms with E-state index in [9.17, 15) is 9.59 Å². The average molecular weight is 569 g/mol. The fourth-order valence-corrected chi connectivity index (χ4v) is 4.45. The van der Waals surface area contributed by atoms with Crippen LogP contribution in [0.5, 0.6) is 11.5 Å². The summed E-state index contributed by atoms with van der Waals surface area (Å²) >= 11 is 0. The van der Waals surface area contributed by atoms with Gasteiger partial charge in [-0.2, -0.15) is 4.98 Å². The first-order chi connectivity index (χ1) is 20.2. The van der Waals surface area contributed by atoms with Crippen LogP contribution in [0, 0.1) is 20.8 Å². The number of carbonyl (C=O) groups excluding carboxylic acids is 2. The number of ether oxygens (including phenoxy) is 2. The van der Waals surface area contributed by atoms with Crippen LogP contribution in [-0.2, 0) is 0 Å². The third-order valence-electron chi connectivity index (χ3n) is 6.42. The molecule has 4 rings (SSSR count). The molecule has 0 unspecified atom stereocenters. The molecule has 10 heteroatoms. The summed E-state index contributed by atoms with van der Waals surface area (Å²) in [5.74, 6) is 1.35.